The van der Waals surface area contributed by atoms with Crippen LogP contribution in [0.15, 0.2) is 48.8 Å². The third-order valence-corrected chi connectivity index (χ3v) is 4.62. The van der Waals surface area contributed by atoms with Crippen LogP contribution in [0, 0.1) is 5.41 Å². The fraction of sp³-hybridized carbons (Fsp3) is 0.333. The van der Waals surface area contributed by atoms with Crippen LogP contribution in [0.25, 0.3) is 0 Å². The largest absolute Gasteiger partial charge is 0.481 e. The zero-order valence-corrected chi connectivity index (χ0v) is 12.0. The number of aliphatic carboxylic acids is 1. The Hall–Kier alpha value is -2.16. The van der Waals surface area contributed by atoms with Crippen LogP contribution < -0.4 is 0 Å². The lowest BCUT2D eigenvalue weighted by atomic mass is 9.68. The molecule has 0 radical (unpaired) electrons. The summed E-state index contributed by atoms with van der Waals surface area (Å²) in [7, 11) is 0. The minimum Gasteiger partial charge on any atom is -0.481 e. The molecule has 1 aliphatic rings. The first-order valence-corrected chi connectivity index (χ1v) is 7.39. The average Bonchev–Trinajstić information content (AvgIpc) is 2.53. The van der Waals surface area contributed by atoms with Gasteiger partial charge in [-0.3, -0.25) is 9.78 Å². The van der Waals surface area contributed by atoms with Crippen LogP contribution in [0.3, 0.4) is 0 Å². The van der Waals surface area contributed by atoms with Crippen LogP contribution in [0.4, 0.5) is 0 Å². The van der Waals surface area contributed by atoms with Crippen molar-refractivity contribution >= 4 is 5.97 Å². The molecule has 3 rings (SSSR count). The van der Waals surface area contributed by atoms with Gasteiger partial charge in [-0.2, -0.15) is 0 Å². The molecule has 1 aliphatic carbocycles. The minimum absolute atomic E-state index is 0.627. The highest BCUT2D eigenvalue weighted by molar-refractivity contribution is 5.75. The first-order chi connectivity index (χ1) is 10.2. The van der Waals surface area contributed by atoms with E-state index in [1.165, 1.54) is 11.1 Å². The SMILES string of the molecule is O=C(O)C1(CCc2ccncc2)CCc2ccccc2C1. The lowest BCUT2D eigenvalue weighted by Crippen LogP contribution is -2.37. The first-order valence-electron chi connectivity index (χ1n) is 7.39. The van der Waals surface area contributed by atoms with Gasteiger partial charge in [0.2, 0.25) is 0 Å². The summed E-state index contributed by atoms with van der Waals surface area (Å²) >= 11 is 0. The number of fused-ring (bicyclic) bond motifs is 1. The van der Waals surface area contributed by atoms with Crippen molar-refractivity contribution in [2.45, 2.75) is 32.1 Å². The lowest BCUT2D eigenvalue weighted by Gasteiger charge is -2.34. The van der Waals surface area contributed by atoms with Gasteiger partial charge >= 0.3 is 5.97 Å². The highest BCUT2D eigenvalue weighted by Gasteiger charge is 2.40. The highest BCUT2D eigenvalue weighted by atomic mass is 16.4. The summed E-state index contributed by atoms with van der Waals surface area (Å²) in [4.78, 5) is 15.9. The molecule has 0 aliphatic heterocycles. The molecule has 1 aromatic heterocycles. The molecule has 2 aromatic rings. The van der Waals surface area contributed by atoms with E-state index >= 15 is 0 Å². The minimum atomic E-state index is -0.661. The van der Waals surface area contributed by atoms with Crippen LogP contribution in [0.2, 0.25) is 0 Å². The van der Waals surface area contributed by atoms with Crippen LogP contribution in [-0.2, 0) is 24.1 Å². The molecule has 3 heteroatoms. The third-order valence-electron chi connectivity index (χ3n) is 4.62. The summed E-state index contributed by atoms with van der Waals surface area (Å²) in [6.07, 6.45) is 7.22. The van der Waals surface area contributed by atoms with Gasteiger partial charge in [0.25, 0.3) is 0 Å². The maximum absolute atomic E-state index is 11.9. The smallest absolute Gasteiger partial charge is 0.309 e. The Morgan fingerprint density at radius 1 is 1.14 bits per heavy atom. The van der Waals surface area contributed by atoms with E-state index in [2.05, 4.69) is 17.1 Å². The molecule has 1 unspecified atom stereocenters. The second kappa shape index (κ2) is 5.68. The van der Waals surface area contributed by atoms with Gasteiger partial charge in [-0.25, -0.2) is 0 Å². The van der Waals surface area contributed by atoms with Crippen LogP contribution in [-0.4, -0.2) is 16.1 Å². The molecule has 0 saturated heterocycles. The van der Waals surface area contributed by atoms with Crippen LogP contribution in [0.1, 0.15) is 29.5 Å². The number of carbonyl (C=O) groups is 1. The van der Waals surface area contributed by atoms with E-state index in [4.69, 9.17) is 0 Å². The predicted molar refractivity (Wildman–Crippen MR) is 81.1 cm³/mol. The van der Waals surface area contributed by atoms with Gasteiger partial charge in [-0.1, -0.05) is 24.3 Å². The van der Waals surface area contributed by atoms with E-state index in [1.807, 2.05) is 24.3 Å². The Balaban J connectivity index is 1.80. The van der Waals surface area contributed by atoms with Crippen molar-refractivity contribution in [1.29, 1.82) is 0 Å². The van der Waals surface area contributed by atoms with Gasteiger partial charge in [0.05, 0.1) is 5.41 Å². The van der Waals surface area contributed by atoms with Crippen LogP contribution >= 0.6 is 0 Å². The van der Waals surface area contributed by atoms with Crippen molar-refractivity contribution in [1.82, 2.24) is 4.98 Å². The van der Waals surface area contributed by atoms with Gasteiger partial charge in [0, 0.05) is 12.4 Å². The number of carboxylic acid groups (broad SMARTS) is 1. The number of rotatable bonds is 4. The van der Waals surface area contributed by atoms with Gasteiger partial charge in [-0.15, -0.1) is 0 Å². The molecule has 3 nitrogen and oxygen atoms in total. The maximum atomic E-state index is 11.9. The molecule has 1 atom stereocenters. The molecule has 0 amide bonds. The van der Waals surface area contributed by atoms with Crippen molar-refractivity contribution in [3.05, 3.63) is 65.5 Å². The standard InChI is InChI=1S/C18H19NO2/c20-17(21)18(9-5-14-7-11-19-12-8-14)10-6-15-3-1-2-4-16(15)13-18/h1-4,7-8,11-12H,5-6,9-10,13H2,(H,20,21). The molecule has 1 N–H and O–H groups in total. The highest BCUT2D eigenvalue weighted by Crippen LogP contribution is 2.39. The summed E-state index contributed by atoms with van der Waals surface area (Å²) in [5, 5.41) is 9.78. The third kappa shape index (κ3) is 2.82. The van der Waals surface area contributed by atoms with Crippen LogP contribution in [0.5, 0.6) is 0 Å². The summed E-state index contributed by atoms with van der Waals surface area (Å²) in [6.45, 7) is 0. The van der Waals surface area contributed by atoms with Crippen molar-refractivity contribution in [2.75, 3.05) is 0 Å². The maximum Gasteiger partial charge on any atom is 0.309 e. The Labute approximate surface area is 124 Å². The number of carboxylic acids is 1. The van der Waals surface area contributed by atoms with Gasteiger partial charge in [-0.05, 0) is 60.9 Å². The van der Waals surface area contributed by atoms with Gasteiger partial charge in [0.15, 0.2) is 0 Å². The second-order valence-corrected chi connectivity index (χ2v) is 5.89. The number of aromatic nitrogens is 1. The number of benzene rings is 1. The zero-order chi connectivity index (χ0) is 14.7. The van der Waals surface area contributed by atoms with Crippen molar-refractivity contribution in [3.8, 4) is 0 Å². The molecule has 1 aromatic carbocycles. The van der Waals surface area contributed by atoms with E-state index in [-0.39, 0.29) is 0 Å². The first kappa shape index (κ1) is 13.8. The van der Waals surface area contributed by atoms with E-state index < -0.39 is 11.4 Å². The number of aryl methyl sites for hydroxylation is 2. The number of pyridine rings is 1. The Kier molecular flexibility index (Phi) is 3.74. The molecule has 21 heavy (non-hydrogen) atoms. The summed E-state index contributed by atoms with van der Waals surface area (Å²) in [5.41, 5.74) is 3.03. The molecular weight excluding hydrogens is 262 g/mol. The Morgan fingerprint density at radius 2 is 1.86 bits per heavy atom. The predicted octanol–water partition coefficient (Wildman–Crippen LogP) is 3.27. The van der Waals surface area contributed by atoms with E-state index in [9.17, 15) is 9.90 Å². The second-order valence-electron chi connectivity index (χ2n) is 5.89. The molecule has 0 spiro atoms. The fourth-order valence-corrected chi connectivity index (χ4v) is 3.24. The monoisotopic (exact) mass is 281 g/mol. The lowest BCUT2D eigenvalue weighted by molar-refractivity contribution is -0.150. The van der Waals surface area contributed by atoms with E-state index in [0.29, 0.717) is 12.8 Å². The quantitative estimate of drug-likeness (QED) is 0.935. The number of nitrogens with zero attached hydrogens (tertiary/aromatic N) is 1. The average molecular weight is 281 g/mol. The fourth-order valence-electron chi connectivity index (χ4n) is 3.24. The molecule has 0 bridgehead atoms. The van der Waals surface area contributed by atoms with E-state index in [1.54, 1.807) is 12.4 Å². The van der Waals surface area contributed by atoms with Crippen molar-refractivity contribution < 1.29 is 9.90 Å². The van der Waals surface area contributed by atoms with Crippen molar-refractivity contribution in [3.63, 3.8) is 0 Å². The Morgan fingerprint density at radius 3 is 2.57 bits per heavy atom. The normalized spacial score (nSPS) is 20.8. The summed E-state index contributed by atoms with van der Waals surface area (Å²) in [5.74, 6) is -0.661. The molecule has 108 valence electrons. The molecular formula is C18H19NO2. The number of hydrogen-bond acceptors (Lipinski definition) is 2. The number of hydrogen-bond donors (Lipinski definition) is 1. The van der Waals surface area contributed by atoms with Gasteiger partial charge in [0.1, 0.15) is 0 Å². The Bertz CT molecular complexity index is 639. The molecule has 1 heterocycles. The van der Waals surface area contributed by atoms with Gasteiger partial charge < -0.3 is 5.11 Å². The molecule has 0 saturated carbocycles. The van der Waals surface area contributed by atoms with Crippen molar-refractivity contribution in [2.24, 2.45) is 5.41 Å². The topological polar surface area (TPSA) is 50.2 Å². The zero-order valence-electron chi connectivity index (χ0n) is 12.0. The van der Waals surface area contributed by atoms with E-state index in [0.717, 1.165) is 24.8 Å². The summed E-state index contributed by atoms with van der Waals surface area (Å²) < 4.78 is 0. The molecule has 0 fully saturated rings. The summed E-state index contributed by atoms with van der Waals surface area (Å²) in [6, 6.07) is 12.1.